The number of carbonyl (C=O) groups excluding carboxylic acids is 1. The molecule has 1 saturated heterocycles. The molecule has 1 amide bonds. The number of ether oxygens (including phenoxy) is 1. The van der Waals surface area contributed by atoms with Crippen LogP contribution < -0.4 is 0 Å². The highest BCUT2D eigenvalue weighted by Crippen LogP contribution is 2.21. The predicted molar refractivity (Wildman–Crippen MR) is 99.4 cm³/mol. The lowest BCUT2D eigenvalue weighted by atomic mass is 10.2. The molecule has 1 aliphatic heterocycles. The topological polar surface area (TPSA) is 32.8 Å². The van der Waals surface area contributed by atoms with Crippen LogP contribution in [0.2, 0.25) is 5.02 Å². The van der Waals surface area contributed by atoms with Gasteiger partial charge in [-0.1, -0.05) is 48.0 Å². The molecule has 0 unspecified atom stereocenters. The summed E-state index contributed by atoms with van der Waals surface area (Å²) in [6.07, 6.45) is 0. The van der Waals surface area contributed by atoms with E-state index in [0.717, 1.165) is 5.56 Å². The minimum atomic E-state index is -0.287. The van der Waals surface area contributed by atoms with Crippen LogP contribution in [0.1, 0.15) is 11.1 Å². The lowest BCUT2D eigenvalue weighted by Crippen LogP contribution is -2.49. The van der Waals surface area contributed by atoms with E-state index in [0.29, 0.717) is 49.9 Å². The second-order valence-electron chi connectivity index (χ2n) is 6.34. The minimum absolute atomic E-state index is 0.00972. The Balaban J connectivity index is 1.42. The van der Waals surface area contributed by atoms with Crippen molar-refractivity contribution < 1.29 is 13.9 Å². The maximum Gasteiger partial charge on any atom is 0.248 e. The van der Waals surface area contributed by atoms with Gasteiger partial charge in [0.15, 0.2) is 0 Å². The smallest absolute Gasteiger partial charge is 0.248 e. The van der Waals surface area contributed by atoms with Crippen LogP contribution in [0.4, 0.5) is 4.39 Å². The Kier molecular flexibility index (Phi) is 6.61. The zero-order chi connectivity index (χ0) is 18.4. The molecule has 0 saturated carbocycles. The molecular formula is C20H22ClFN2O2. The number of amides is 1. The zero-order valence-corrected chi connectivity index (χ0v) is 15.3. The summed E-state index contributed by atoms with van der Waals surface area (Å²) in [6.45, 7) is 3.56. The summed E-state index contributed by atoms with van der Waals surface area (Å²) in [5.41, 5.74) is 1.56. The molecule has 0 aliphatic carbocycles. The first kappa shape index (κ1) is 18.8. The first-order valence-corrected chi connectivity index (χ1v) is 9.06. The molecule has 0 N–H and O–H groups in total. The predicted octanol–water partition coefficient (Wildman–Crippen LogP) is 3.34. The van der Waals surface area contributed by atoms with Crippen molar-refractivity contribution in [1.29, 1.82) is 0 Å². The summed E-state index contributed by atoms with van der Waals surface area (Å²) in [5, 5.41) is 0.442. The third kappa shape index (κ3) is 5.04. The Hall–Kier alpha value is -1.95. The summed E-state index contributed by atoms with van der Waals surface area (Å²) >= 11 is 6.09. The molecule has 3 rings (SSSR count). The van der Waals surface area contributed by atoms with Crippen LogP contribution in [0.5, 0.6) is 0 Å². The van der Waals surface area contributed by atoms with Crippen LogP contribution in [0.3, 0.4) is 0 Å². The summed E-state index contributed by atoms with van der Waals surface area (Å²) in [4.78, 5) is 16.2. The van der Waals surface area contributed by atoms with Crippen molar-refractivity contribution >= 4 is 17.5 Å². The largest absolute Gasteiger partial charge is 0.367 e. The van der Waals surface area contributed by atoms with Crippen molar-refractivity contribution in [2.24, 2.45) is 0 Å². The Morgan fingerprint density at radius 3 is 2.46 bits per heavy atom. The van der Waals surface area contributed by atoms with Gasteiger partial charge < -0.3 is 9.64 Å². The van der Waals surface area contributed by atoms with Crippen molar-refractivity contribution in [3.8, 4) is 0 Å². The van der Waals surface area contributed by atoms with Crippen LogP contribution in [0, 0.1) is 5.82 Å². The number of nitrogens with zero attached hydrogens (tertiary/aromatic N) is 2. The van der Waals surface area contributed by atoms with Gasteiger partial charge in [0.05, 0.1) is 6.61 Å². The average molecular weight is 377 g/mol. The molecule has 0 bridgehead atoms. The first-order valence-electron chi connectivity index (χ1n) is 8.68. The van der Waals surface area contributed by atoms with Crippen LogP contribution in [-0.4, -0.2) is 48.5 Å². The molecule has 1 fully saturated rings. The van der Waals surface area contributed by atoms with Gasteiger partial charge in [-0.05, 0) is 17.7 Å². The molecule has 0 radical (unpaired) electrons. The lowest BCUT2D eigenvalue weighted by Gasteiger charge is -2.34. The van der Waals surface area contributed by atoms with Gasteiger partial charge in [-0.3, -0.25) is 9.69 Å². The lowest BCUT2D eigenvalue weighted by molar-refractivity contribution is -0.138. The monoisotopic (exact) mass is 376 g/mol. The quantitative estimate of drug-likeness (QED) is 0.775. The van der Waals surface area contributed by atoms with E-state index in [-0.39, 0.29) is 18.3 Å². The van der Waals surface area contributed by atoms with Crippen LogP contribution in [-0.2, 0) is 22.7 Å². The van der Waals surface area contributed by atoms with Crippen molar-refractivity contribution in [2.75, 3.05) is 32.8 Å². The highest BCUT2D eigenvalue weighted by Gasteiger charge is 2.22. The number of carbonyl (C=O) groups is 1. The third-order valence-corrected chi connectivity index (χ3v) is 4.86. The molecule has 26 heavy (non-hydrogen) atoms. The number of hydrogen-bond donors (Lipinski definition) is 0. The second-order valence-corrected chi connectivity index (χ2v) is 6.74. The van der Waals surface area contributed by atoms with E-state index >= 15 is 0 Å². The molecule has 2 aromatic carbocycles. The van der Waals surface area contributed by atoms with E-state index in [1.165, 1.54) is 6.07 Å². The maximum absolute atomic E-state index is 13.9. The zero-order valence-electron chi connectivity index (χ0n) is 14.5. The van der Waals surface area contributed by atoms with Gasteiger partial charge in [-0.25, -0.2) is 4.39 Å². The Morgan fingerprint density at radius 2 is 1.77 bits per heavy atom. The number of halogens is 2. The molecule has 6 heteroatoms. The van der Waals surface area contributed by atoms with Gasteiger partial charge >= 0.3 is 0 Å². The molecule has 1 heterocycles. The normalized spacial score (nSPS) is 15.2. The highest BCUT2D eigenvalue weighted by molar-refractivity contribution is 6.31. The fourth-order valence-electron chi connectivity index (χ4n) is 2.98. The van der Waals surface area contributed by atoms with E-state index in [1.54, 1.807) is 17.0 Å². The van der Waals surface area contributed by atoms with Crippen molar-refractivity contribution in [3.63, 3.8) is 0 Å². The second kappa shape index (κ2) is 9.12. The fraction of sp³-hybridized carbons (Fsp3) is 0.350. The summed E-state index contributed by atoms with van der Waals surface area (Å²) in [5.74, 6) is -0.296. The third-order valence-electron chi connectivity index (χ3n) is 4.51. The van der Waals surface area contributed by atoms with Gasteiger partial charge in [0.2, 0.25) is 5.91 Å². The van der Waals surface area contributed by atoms with E-state index in [2.05, 4.69) is 4.90 Å². The van der Waals surface area contributed by atoms with Crippen molar-refractivity contribution in [1.82, 2.24) is 9.80 Å². The first-order chi connectivity index (χ1) is 12.6. The van der Waals surface area contributed by atoms with Gasteiger partial charge in [0.25, 0.3) is 0 Å². The van der Waals surface area contributed by atoms with Gasteiger partial charge in [0, 0.05) is 43.3 Å². The molecule has 0 atom stereocenters. The molecule has 138 valence electrons. The summed E-state index contributed by atoms with van der Waals surface area (Å²) < 4.78 is 19.4. The average Bonchev–Trinajstić information content (AvgIpc) is 2.66. The molecule has 4 nitrogen and oxygen atoms in total. The van der Waals surface area contributed by atoms with E-state index in [4.69, 9.17) is 16.3 Å². The van der Waals surface area contributed by atoms with Crippen LogP contribution in [0.25, 0.3) is 0 Å². The standard InChI is InChI=1S/C20H22ClFN2O2/c21-18-7-4-8-19(22)17(18)13-23-9-11-24(12-10-23)20(25)15-26-14-16-5-2-1-3-6-16/h1-8H,9-15H2. The maximum atomic E-state index is 13.9. The van der Waals surface area contributed by atoms with Crippen LogP contribution >= 0.6 is 11.6 Å². The highest BCUT2D eigenvalue weighted by atomic mass is 35.5. The SMILES string of the molecule is O=C(COCc1ccccc1)N1CCN(Cc2c(F)cccc2Cl)CC1. The number of piperazine rings is 1. The number of hydrogen-bond acceptors (Lipinski definition) is 3. The Labute approximate surface area is 158 Å². The molecular weight excluding hydrogens is 355 g/mol. The fourth-order valence-corrected chi connectivity index (χ4v) is 3.21. The van der Waals surface area contributed by atoms with E-state index < -0.39 is 0 Å². The van der Waals surface area contributed by atoms with Gasteiger partial charge in [-0.2, -0.15) is 0 Å². The minimum Gasteiger partial charge on any atom is -0.367 e. The molecule has 2 aromatic rings. The number of benzene rings is 2. The molecule has 0 spiro atoms. The van der Waals surface area contributed by atoms with E-state index in [9.17, 15) is 9.18 Å². The van der Waals surface area contributed by atoms with Crippen molar-refractivity contribution in [2.45, 2.75) is 13.2 Å². The number of rotatable bonds is 6. The van der Waals surface area contributed by atoms with E-state index in [1.807, 2.05) is 30.3 Å². The molecule has 1 aliphatic rings. The van der Waals surface area contributed by atoms with Gasteiger partial charge in [0.1, 0.15) is 12.4 Å². The molecule has 0 aromatic heterocycles. The Morgan fingerprint density at radius 1 is 1.04 bits per heavy atom. The summed E-state index contributed by atoms with van der Waals surface area (Å²) in [7, 11) is 0. The van der Waals surface area contributed by atoms with Gasteiger partial charge in [-0.15, -0.1) is 0 Å². The Bertz CT molecular complexity index is 714. The van der Waals surface area contributed by atoms with Crippen LogP contribution in [0.15, 0.2) is 48.5 Å². The van der Waals surface area contributed by atoms with Crippen molar-refractivity contribution in [3.05, 3.63) is 70.5 Å². The summed E-state index contributed by atoms with van der Waals surface area (Å²) in [6, 6.07) is 14.5.